The molecule has 1 aliphatic carbocycles. The van der Waals surface area contributed by atoms with Gasteiger partial charge in [-0.3, -0.25) is 4.90 Å². The summed E-state index contributed by atoms with van der Waals surface area (Å²) >= 11 is 5.87. The van der Waals surface area contributed by atoms with E-state index in [1.807, 2.05) is 12.1 Å². The summed E-state index contributed by atoms with van der Waals surface area (Å²) in [5.74, 6) is 0. The highest BCUT2D eigenvalue weighted by Crippen LogP contribution is 2.28. The van der Waals surface area contributed by atoms with Gasteiger partial charge in [-0.15, -0.1) is 0 Å². The van der Waals surface area contributed by atoms with Crippen LogP contribution in [0.15, 0.2) is 24.3 Å². The van der Waals surface area contributed by atoms with Crippen molar-refractivity contribution in [3.05, 3.63) is 34.9 Å². The molecule has 4 heteroatoms. The van der Waals surface area contributed by atoms with Crippen molar-refractivity contribution in [3.63, 3.8) is 0 Å². The molecule has 1 atom stereocenters. The molecular weight excluding hydrogens is 260 g/mol. The largest absolute Gasteiger partial charge is 0.374 e. The maximum atomic E-state index is 5.87. The monoisotopic (exact) mass is 280 g/mol. The zero-order chi connectivity index (χ0) is 13.1. The molecule has 0 spiro atoms. The summed E-state index contributed by atoms with van der Waals surface area (Å²) < 4.78 is 5.82. The lowest BCUT2D eigenvalue weighted by molar-refractivity contribution is -0.0301. The second-order valence-electron chi connectivity index (χ2n) is 5.48. The lowest BCUT2D eigenvalue weighted by Gasteiger charge is -2.33. The Kier molecular flexibility index (Phi) is 4.38. The summed E-state index contributed by atoms with van der Waals surface area (Å²) in [5, 5.41) is 4.27. The van der Waals surface area contributed by atoms with E-state index in [4.69, 9.17) is 16.3 Å². The number of morpholine rings is 1. The summed E-state index contributed by atoms with van der Waals surface area (Å²) in [6.07, 6.45) is 3.09. The van der Waals surface area contributed by atoms with Crippen molar-refractivity contribution in [2.75, 3.05) is 26.2 Å². The number of ether oxygens (including phenoxy) is 1. The van der Waals surface area contributed by atoms with Gasteiger partial charge in [0.05, 0.1) is 12.7 Å². The summed E-state index contributed by atoms with van der Waals surface area (Å²) in [5.41, 5.74) is 1.26. The van der Waals surface area contributed by atoms with Gasteiger partial charge < -0.3 is 10.1 Å². The van der Waals surface area contributed by atoms with E-state index in [0.29, 0.717) is 6.10 Å². The van der Waals surface area contributed by atoms with Crippen LogP contribution >= 0.6 is 11.6 Å². The Hall–Kier alpha value is -0.610. The van der Waals surface area contributed by atoms with Crippen LogP contribution in [0.3, 0.4) is 0 Å². The highest BCUT2D eigenvalue weighted by Gasteiger charge is 2.32. The fraction of sp³-hybridized carbons (Fsp3) is 0.600. The molecule has 0 amide bonds. The maximum Gasteiger partial charge on any atom is 0.0826 e. The molecule has 0 aromatic heterocycles. The van der Waals surface area contributed by atoms with Gasteiger partial charge in [-0.25, -0.2) is 0 Å². The zero-order valence-electron chi connectivity index (χ0n) is 11.1. The minimum absolute atomic E-state index is 0.335. The molecule has 2 aliphatic rings. The van der Waals surface area contributed by atoms with Gasteiger partial charge in [-0.1, -0.05) is 23.7 Å². The number of halogens is 1. The van der Waals surface area contributed by atoms with E-state index in [-0.39, 0.29) is 0 Å². The first-order valence-electron chi connectivity index (χ1n) is 7.12. The Morgan fingerprint density at radius 1 is 1.26 bits per heavy atom. The SMILES string of the molecule is Clc1ccc(CNCC2CN(C3CC3)CCO2)cc1. The van der Waals surface area contributed by atoms with E-state index in [1.54, 1.807) is 0 Å². The van der Waals surface area contributed by atoms with E-state index in [2.05, 4.69) is 22.3 Å². The van der Waals surface area contributed by atoms with E-state index < -0.39 is 0 Å². The van der Waals surface area contributed by atoms with Gasteiger partial charge in [-0.2, -0.15) is 0 Å². The molecule has 3 nitrogen and oxygen atoms in total. The van der Waals surface area contributed by atoms with Crippen LogP contribution in [0.5, 0.6) is 0 Å². The molecule has 3 rings (SSSR count). The first-order chi connectivity index (χ1) is 9.31. The van der Waals surface area contributed by atoms with Gasteiger partial charge in [0.2, 0.25) is 0 Å². The Morgan fingerprint density at radius 2 is 2.05 bits per heavy atom. The predicted octanol–water partition coefficient (Wildman–Crippen LogP) is 2.29. The lowest BCUT2D eigenvalue weighted by atomic mass is 10.2. The Bertz CT molecular complexity index is 405. The molecule has 1 aliphatic heterocycles. The van der Waals surface area contributed by atoms with Crippen molar-refractivity contribution in [2.45, 2.75) is 31.5 Å². The third-order valence-corrected chi connectivity index (χ3v) is 4.10. The minimum Gasteiger partial charge on any atom is -0.374 e. The number of nitrogens with one attached hydrogen (secondary N) is 1. The topological polar surface area (TPSA) is 24.5 Å². The molecule has 1 saturated heterocycles. The second kappa shape index (κ2) is 6.23. The number of benzene rings is 1. The van der Waals surface area contributed by atoms with Gasteiger partial charge in [0.15, 0.2) is 0 Å². The highest BCUT2D eigenvalue weighted by molar-refractivity contribution is 6.30. The van der Waals surface area contributed by atoms with Crippen molar-refractivity contribution >= 4 is 11.6 Å². The summed E-state index contributed by atoms with van der Waals surface area (Å²) in [6, 6.07) is 8.85. The van der Waals surface area contributed by atoms with Crippen molar-refractivity contribution in [1.29, 1.82) is 0 Å². The fourth-order valence-electron chi connectivity index (χ4n) is 2.62. The summed E-state index contributed by atoms with van der Waals surface area (Å²) in [4.78, 5) is 2.58. The smallest absolute Gasteiger partial charge is 0.0826 e. The van der Waals surface area contributed by atoms with Crippen LogP contribution in [0.2, 0.25) is 5.02 Å². The molecule has 1 aromatic carbocycles. The average Bonchev–Trinajstić information content (AvgIpc) is 3.26. The Morgan fingerprint density at radius 3 is 2.79 bits per heavy atom. The fourth-order valence-corrected chi connectivity index (χ4v) is 2.74. The van der Waals surface area contributed by atoms with Crippen LogP contribution in [0.4, 0.5) is 0 Å². The number of rotatable bonds is 5. The second-order valence-corrected chi connectivity index (χ2v) is 5.91. The molecule has 0 bridgehead atoms. The lowest BCUT2D eigenvalue weighted by Crippen LogP contribution is -2.47. The van der Waals surface area contributed by atoms with Gasteiger partial charge >= 0.3 is 0 Å². The van der Waals surface area contributed by atoms with E-state index in [0.717, 1.165) is 43.9 Å². The molecule has 1 saturated carbocycles. The minimum atomic E-state index is 0.335. The van der Waals surface area contributed by atoms with Crippen LogP contribution in [-0.2, 0) is 11.3 Å². The van der Waals surface area contributed by atoms with Crippen molar-refractivity contribution in [2.24, 2.45) is 0 Å². The van der Waals surface area contributed by atoms with E-state index in [9.17, 15) is 0 Å². The molecule has 1 aromatic rings. The van der Waals surface area contributed by atoms with Gasteiger partial charge in [0.25, 0.3) is 0 Å². The van der Waals surface area contributed by atoms with E-state index >= 15 is 0 Å². The highest BCUT2D eigenvalue weighted by atomic mass is 35.5. The van der Waals surface area contributed by atoms with Crippen molar-refractivity contribution in [1.82, 2.24) is 10.2 Å². The quantitative estimate of drug-likeness (QED) is 0.896. The Balaban J connectivity index is 1.40. The van der Waals surface area contributed by atoms with Crippen molar-refractivity contribution < 1.29 is 4.74 Å². The predicted molar refractivity (Wildman–Crippen MR) is 77.5 cm³/mol. The molecule has 19 heavy (non-hydrogen) atoms. The van der Waals surface area contributed by atoms with Crippen LogP contribution in [0.25, 0.3) is 0 Å². The molecule has 1 heterocycles. The standard InChI is InChI=1S/C15H21ClN2O/c16-13-3-1-12(2-4-13)9-17-10-15-11-18(7-8-19-15)14-5-6-14/h1-4,14-15,17H,5-11H2. The first-order valence-corrected chi connectivity index (χ1v) is 7.50. The Labute approximate surface area is 119 Å². The molecule has 0 radical (unpaired) electrons. The number of hydrogen-bond donors (Lipinski definition) is 1. The van der Waals surface area contributed by atoms with Crippen LogP contribution in [0, 0.1) is 0 Å². The summed E-state index contributed by atoms with van der Waals surface area (Å²) in [6.45, 7) is 4.87. The van der Waals surface area contributed by atoms with Gasteiger partial charge in [-0.05, 0) is 30.5 Å². The maximum absolute atomic E-state index is 5.87. The normalized spacial score (nSPS) is 24.6. The first kappa shape index (κ1) is 13.4. The number of nitrogens with zero attached hydrogens (tertiary/aromatic N) is 1. The van der Waals surface area contributed by atoms with Gasteiger partial charge in [0, 0.05) is 37.2 Å². The molecule has 1 unspecified atom stereocenters. The molecular formula is C15H21ClN2O. The van der Waals surface area contributed by atoms with Crippen LogP contribution in [0.1, 0.15) is 18.4 Å². The average molecular weight is 281 g/mol. The molecule has 1 N–H and O–H groups in total. The molecule has 104 valence electrons. The third-order valence-electron chi connectivity index (χ3n) is 3.85. The molecule has 2 fully saturated rings. The summed E-state index contributed by atoms with van der Waals surface area (Å²) in [7, 11) is 0. The third kappa shape index (κ3) is 3.93. The van der Waals surface area contributed by atoms with Gasteiger partial charge in [0.1, 0.15) is 0 Å². The van der Waals surface area contributed by atoms with Crippen LogP contribution in [-0.4, -0.2) is 43.3 Å². The van der Waals surface area contributed by atoms with E-state index in [1.165, 1.54) is 18.4 Å². The van der Waals surface area contributed by atoms with Crippen molar-refractivity contribution in [3.8, 4) is 0 Å². The number of hydrogen-bond acceptors (Lipinski definition) is 3. The zero-order valence-corrected chi connectivity index (χ0v) is 11.9. The van der Waals surface area contributed by atoms with Crippen LogP contribution < -0.4 is 5.32 Å².